The van der Waals surface area contributed by atoms with Crippen molar-refractivity contribution >= 4 is 22.9 Å². The molecule has 2 fully saturated rings. The van der Waals surface area contributed by atoms with E-state index in [4.69, 9.17) is 9.72 Å². The van der Waals surface area contributed by atoms with Crippen LogP contribution in [-0.4, -0.2) is 51.5 Å². The quantitative estimate of drug-likeness (QED) is 0.787. The van der Waals surface area contributed by atoms with E-state index in [0.717, 1.165) is 29.6 Å². The number of nitrogens with one attached hydrogen (secondary N) is 1. The highest BCUT2D eigenvalue weighted by Crippen LogP contribution is 2.40. The molecule has 150 valence electrons. The Kier molecular flexibility index (Phi) is 5.05. The largest absolute Gasteiger partial charge is 0.481 e. The lowest BCUT2D eigenvalue weighted by molar-refractivity contribution is -0.144. The molecule has 8 heteroatoms. The van der Waals surface area contributed by atoms with Crippen LogP contribution in [0.15, 0.2) is 6.07 Å². The van der Waals surface area contributed by atoms with E-state index in [0.29, 0.717) is 43.2 Å². The number of hydrogen-bond donors (Lipinski definition) is 2. The van der Waals surface area contributed by atoms with Gasteiger partial charge in [-0.05, 0) is 44.6 Å². The van der Waals surface area contributed by atoms with Crippen molar-refractivity contribution in [2.24, 2.45) is 18.9 Å². The summed E-state index contributed by atoms with van der Waals surface area (Å²) in [7, 11) is 1.83. The summed E-state index contributed by atoms with van der Waals surface area (Å²) >= 11 is 0. The van der Waals surface area contributed by atoms with Crippen LogP contribution in [0.2, 0.25) is 0 Å². The molecule has 28 heavy (non-hydrogen) atoms. The maximum atomic E-state index is 13.0. The molecule has 1 saturated carbocycles. The number of carboxylic acid groups (broad SMARTS) is 1. The topological polar surface area (TPSA) is 106 Å². The fourth-order valence-electron chi connectivity index (χ4n) is 4.10. The van der Waals surface area contributed by atoms with Crippen LogP contribution in [0.25, 0.3) is 11.0 Å². The van der Waals surface area contributed by atoms with E-state index >= 15 is 0 Å². The van der Waals surface area contributed by atoms with Gasteiger partial charge in [-0.2, -0.15) is 5.10 Å². The zero-order chi connectivity index (χ0) is 19.8. The van der Waals surface area contributed by atoms with E-state index in [1.807, 2.05) is 20.0 Å². The summed E-state index contributed by atoms with van der Waals surface area (Å²) in [4.78, 5) is 29.5. The molecule has 3 heterocycles. The molecule has 1 aliphatic heterocycles. The third-order valence-corrected chi connectivity index (χ3v) is 5.86. The average molecular weight is 386 g/mol. The number of carbonyl (C=O) groups excluding carboxylic acids is 1. The molecule has 0 spiro atoms. The number of rotatable bonds is 6. The molecular formula is C20H26N4O4. The first kappa shape index (κ1) is 18.9. The van der Waals surface area contributed by atoms with Crippen LogP contribution in [0.5, 0.6) is 0 Å². The van der Waals surface area contributed by atoms with Gasteiger partial charge in [0.2, 0.25) is 0 Å². The molecule has 1 aliphatic carbocycles. The highest BCUT2D eigenvalue weighted by atomic mass is 16.5. The van der Waals surface area contributed by atoms with Gasteiger partial charge in [0, 0.05) is 38.4 Å². The molecule has 8 nitrogen and oxygen atoms in total. The van der Waals surface area contributed by atoms with Crippen molar-refractivity contribution in [1.29, 1.82) is 0 Å². The molecule has 0 aromatic carbocycles. The predicted octanol–water partition coefficient (Wildman–Crippen LogP) is 2.01. The zero-order valence-electron chi connectivity index (χ0n) is 16.3. The molecule has 1 saturated heterocycles. The molecule has 2 N–H and O–H groups in total. The van der Waals surface area contributed by atoms with Crippen LogP contribution in [0, 0.1) is 18.8 Å². The average Bonchev–Trinajstić information content (AvgIpc) is 3.48. The minimum atomic E-state index is -0.872. The second kappa shape index (κ2) is 7.50. The van der Waals surface area contributed by atoms with E-state index in [2.05, 4.69) is 10.4 Å². The Morgan fingerprint density at radius 1 is 1.32 bits per heavy atom. The van der Waals surface area contributed by atoms with Gasteiger partial charge in [-0.25, -0.2) is 4.98 Å². The highest BCUT2D eigenvalue weighted by Gasteiger charge is 2.31. The summed E-state index contributed by atoms with van der Waals surface area (Å²) in [5.41, 5.74) is 2.90. The lowest BCUT2D eigenvalue weighted by Gasteiger charge is -2.27. The van der Waals surface area contributed by atoms with Crippen LogP contribution < -0.4 is 5.32 Å². The van der Waals surface area contributed by atoms with Crippen LogP contribution >= 0.6 is 0 Å². The standard InChI is InChI=1S/C20H26N4O4/c1-11-17-14(9-16(13-3-4-13)22-18(17)24(2)23-11)19(25)21-10-15(20(26)27)12-5-7-28-8-6-12/h9,12-13,15H,3-8,10H2,1-2H3,(H,21,25)(H,26,27). The minimum Gasteiger partial charge on any atom is -0.481 e. The molecule has 0 radical (unpaired) electrons. The van der Waals surface area contributed by atoms with Crippen molar-refractivity contribution in [3.63, 3.8) is 0 Å². The monoisotopic (exact) mass is 386 g/mol. The number of aryl methyl sites for hydroxylation is 2. The van der Waals surface area contributed by atoms with Gasteiger partial charge in [0.25, 0.3) is 5.91 Å². The normalized spacial score (nSPS) is 18.9. The van der Waals surface area contributed by atoms with Gasteiger partial charge in [-0.1, -0.05) is 0 Å². The molecule has 0 bridgehead atoms. The number of fused-ring (bicyclic) bond motifs is 1. The van der Waals surface area contributed by atoms with Gasteiger partial charge in [0.05, 0.1) is 22.6 Å². The second-order valence-electron chi connectivity index (χ2n) is 7.88. The van der Waals surface area contributed by atoms with Gasteiger partial charge < -0.3 is 15.2 Å². The molecule has 2 aromatic heterocycles. The number of pyridine rings is 1. The Morgan fingerprint density at radius 3 is 2.68 bits per heavy atom. The zero-order valence-corrected chi connectivity index (χ0v) is 16.3. The first-order chi connectivity index (χ1) is 13.5. The molecule has 2 aliphatic rings. The fraction of sp³-hybridized carbons (Fsp3) is 0.600. The number of nitrogens with zero attached hydrogens (tertiary/aromatic N) is 3. The minimum absolute atomic E-state index is 0.0196. The van der Waals surface area contributed by atoms with Crippen molar-refractivity contribution in [2.75, 3.05) is 19.8 Å². The third kappa shape index (κ3) is 3.61. The molecule has 1 atom stereocenters. The molecular weight excluding hydrogens is 360 g/mol. The summed E-state index contributed by atoms with van der Waals surface area (Å²) in [5.74, 6) is -1.32. The highest BCUT2D eigenvalue weighted by molar-refractivity contribution is 6.06. The summed E-state index contributed by atoms with van der Waals surface area (Å²) in [6, 6.07) is 1.86. The summed E-state index contributed by atoms with van der Waals surface area (Å²) < 4.78 is 7.04. The first-order valence-corrected chi connectivity index (χ1v) is 9.88. The Bertz CT molecular complexity index is 913. The number of aliphatic carboxylic acids is 1. The van der Waals surface area contributed by atoms with Crippen LogP contribution in [0.3, 0.4) is 0 Å². The maximum absolute atomic E-state index is 13.0. The van der Waals surface area contributed by atoms with Crippen molar-refractivity contribution in [3.8, 4) is 0 Å². The number of amides is 1. The Labute approximate surface area is 163 Å². The Morgan fingerprint density at radius 2 is 2.04 bits per heavy atom. The van der Waals surface area contributed by atoms with Gasteiger partial charge >= 0.3 is 5.97 Å². The Hall–Kier alpha value is -2.48. The third-order valence-electron chi connectivity index (χ3n) is 5.86. The number of hydrogen-bond acceptors (Lipinski definition) is 5. The van der Waals surface area contributed by atoms with E-state index < -0.39 is 11.9 Å². The van der Waals surface area contributed by atoms with Crippen molar-refractivity contribution in [3.05, 3.63) is 23.0 Å². The van der Waals surface area contributed by atoms with Crippen LogP contribution in [0.4, 0.5) is 0 Å². The van der Waals surface area contributed by atoms with Crippen molar-refractivity contribution < 1.29 is 19.4 Å². The molecule has 1 amide bonds. The first-order valence-electron chi connectivity index (χ1n) is 9.88. The lowest BCUT2D eigenvalue weighted by atomic mass is 9.86. The van der Waals surface area contributed by atoms with Crippen molar-refractivity contribution in [1.82, 2.24) is 20.1 Å². The molecule has 4 rings (SSSR count). The van der Waals surface area contributed by atoms with Gasteiger partial charge in [-0.15, -0.1) is 0 Å². The number of carbonyl (C=O) groups is 2. The lowest BCUT2D eigenvalue weighted by Crippen LogP contribution is -2.39. The SMILES string of the molecule is Cc1nn(C)c2nc(C3CC3)cc(C(=O)NCC(C(=O)O)C3CCOCC3)c12. The molecule has 2 aromatic rings. The fourth-order valence-corrected chi connectivity index (χ4v) is 4.10. The smallest absolute Gasteiger partial charge is 0.308 e. The van der Waals surface area contributed by atoms with E-state index in [1.165, 1.54) is 0 Å². The second-order valence-corrected chi connectivity index (χ2v) is 7.88. The summed E-state index contributed by atoms with van der Waals surface area (Å²) in [6.07, 6.45) is 3.59. The van der Waals surface area contributed by atoms with E-state index in [-0.39, 0.29) is 18.4 Å². The summed E-state index contributed by atoms with van der Waals surface area (Å²) in [6.45, 7) is 3.13. The van der Waals surface area contributed by atoms with E-state index in [9.17, 15) is 14.7 Å². The van der Waals surface area contributed by atoms with Gasteiger partial charge in [0.15, 0.2) is 5.65 Å². The number of ether oxygens (including phenoxy) is 1. The van der Waals surface area contributed by atoms with Crippen LogP contribution in [-0.2, 0) is 16.6 Å². The summed E-state index contributed by atoms with van der Waals surface area (Å²) in [5, 5.41) is 17.7. The number of carboxylic acids is 1. The van der Waals surface area contributed by atoms with E-state index in [1.54, 1.807) is 4.68 Å². The van der Waals surface area contributed by atoms with Crippen molar-refractivity contribution in [2.45, 2.75) is 38.5 Å². The predicted molar refractivity (Wildman–Crippen MR) is 102 cm³/mol. The Balaban J connectivity index is 1.58. The number of aromatic nitrogens is 3. The van der Waals surface area contributed by atoms with Crippen LogP contribution in [0.1, 0.15) is 53.3 Å². The molecule has 1 unspecified atom stereocenters. The maximum Gasteiger partial charge on any atom is 0.308 e. The van der Waals surface area contributed by atoms with Gasteiger partial charge in [-0.3, -0.25) is 14.3 Å². The van der Waals surface area contributed by atoms with Gasteiger partial charge in [0.1, 0.15) is 0 Å².